The van der Waals surface area contributed by atoms with Crippen molar-refractivity contribution in [2.45, 2.75) is 0 Å². The number of thiophene rings is 1. The van der Waals surface area contributed by atoms with Crippen molar-refractivity contribution in [1.29, 1.82) is 0 Å². The van der Waals surface area contributed by atoms with E-state index >= 15 is 0 Å². The van der Waals surface area contributed by atoms with Gasteiger partial charge < -0.3 is 0 Å². The minimum atomic E-state index is 1.07. The molecule has 0 fully saturated rings. The first-order valence-electron chi connectivity index (χ1n) is 5.57. The fourth-order valence-electron chi connectivity index (χ4n) is 2.26. The van der Waals surface area contributed by atoms with Gasteiger partial charge in [0.2, 0.25) is 0 Å². The van der Waals surface area contributed by atoms with Crippen LogP contribution in [0.3, 0.4) is 0 Å². The van der Waals surface area contributed by atoms with E-state index in [2.05, 4.69) is 47.8 Å². The van der Waals surface area contributed by atoms with Crippen molar-refractivity contribution in [3.05, 3.63) is 53.9 Å². The second-order valence-electron chi connectivity index (χ2n) is 4.16. The van der Waals surface area contributed by atoms with E-state index in [1.807, 2.05) is 6.07 Å². The van der Waals surface area contributed by atoms with E-state index in [-0.39, 0.29) is 0 Å². The molecule has 0 spiro atoms. The molecule has 0 aliphatic heterocycles. The fraction of sp³-hybridized carbons (Fsp3) is 0. The normalized spacial score (nSPS) is 11.5. The standard InChI is InChI=1S/C15H9NS/c1-2-4-13-11(3-1)9-12-6-5-10-7-8-17-15(10)14(12)16-13/h1-9H. The number of hydrogen-bond acceptors (Lipinski definition) is 2. The van der Waals surface area contributed by atoms with Crippen LogP contribution in [0.25, 0.3) is 31.9 Å². The van der Waals surface area contributed by atoms with E-state index in [1.165, 1.54) is 20.9 Å². The summed E-state index contributed by atoms with van der Waals surface area (Å²) >= 11 is 1.76. The molecule has 80 valence electrons. The van der Waals surface area contributed by atoms with Crippen molar-refractivity contribution in [2.24, 2.45) is 0 Å². The highest BCUT2D eigenvalue weighted by Crippen LogP contribution is 2.30. The SMILES string of the molecule is c1ccc2nc3c(ccc4ccsc43)cc2c1. The third-order valence-electron chi connectivity index (χ3n) is 3.11. The second-order valence-corrected chi connectivity index (χ2v) is 5.07. The van der Waals surface area contributed by atoms with Crippen LogP contribution in [-0.2, 0) is 0 Å². The Kier molecular flexibility index (Phi) is 1.76. The van der Waals surface area contributed by atoms with Crippen molar-refractivity contribution in [3.63, 3.8) is 0 Å². The van der Waals surface area contributed by atoms with Crippen LogP contribution in [0, 0.1) is 0 Å². The molecular formula is C15H9NS. The van der Waals surface area contributed by atoms with Crippen LogP contribution in [0.15, 0.2) is 53.9 Å². The largest absolute Gasteiger partial charge is 0.246 e. The third-order valence-corrected chi connectivity index (χ3v) is 4.04. The van der Waals surface area contributed by atoms with Crippen molar-refractivity contribution in [1.82, 2.24) is 4.98 Å². The summed E-state index contributed by atoms with van der Waals surface area (Å²) in [5.41, 5.74) is 2.19. The van der Waals surface area contributed by atoms with E-state index in [4.69, 9.17) is 4.98 Å². The highest BCUT2D eigenvalue weighted by atomic mass is 32.1. The molecule has 2 heteroatoms. The number of aromatic nitrogens is 1. The van der Waals surface area contributed by atoms with Crippen LogP contribution in [-0.4, -0.2) is 4.98 Å². The predicted octanol–water partition coefficient (Wildman–Crippen LogP) is 4.60. The first-order valence-corrected chi connectivity index (χ1v) is 6.45. The summed E-state index contributed by atoms with van der Waals surface area (Å²) in [6.45, 7) is 0. The topological polar surface area (TPSA) is 12.9 Å². The molecule has 17 heavy (non-hydrogen) atoms. The van der Waals surface area contributed by atoms with Gasteiger partial charge in [-0.3, -0.25) is 0 Å². The van der Waals surface area contributed by atoms with Gasteiger partial charge in [-0.05, 0) is 29.0 Å². The van der Waals surface area contributed by atoms with Crippen LogP contribution in [0.1, 0.15) is 0 Å². The summed E-state index contributed by atoms with van der Waals surface area (Å²) in [4.78, 5) is 4.79. The van der Waals surface area contributed by atoms with Crippen molar-refractivity contribution in [3.8, 4) is 0 Å². The van der Waals surface area contributed by atoms with Gasteiger partial charge in [0.1, 0.15) is 0 Å². The zero-order valence-electron chi connectivity index (χ0n) is 9.05. The number of fused-ring (bicyclic) bond motifs is 4. The van der Waals surface area contributed by atoms with Crippen LogP contribution in [0.5, 0.6) is 0 Å². The highest BCUT2D eigenvalue weighted by Gasteiger charge is 2.04. The van der Waals surface area contributed by atoms with E-state index < -0.39 is 0 Å². The van der Waals surface area contributed by atoms with Gasteiger partial charge in [0, 0.05) is 10.8 Å². The van der Waals surface area contributed by atoms with Gasteiger partial charge >= 0.3 is 0 Å². The van der Waals surface area contributed by atoms with Gasteiger partial charge in [-0.25, -0.2) is 4.98 Å². The first-order chi connectivity index (χ1) is 8.42. The maximum atomic E-state index is 4.79. The first kappa shape index (κ1) is 9.14. The molecule has 4 rings (SSSR count). The lowest BCUT2D eigenvalue weighted by molar-refractivity contribution is 1.52. The number of hydrogen-bond donors (Lipinski definition) is 0. The molecule has 0 atom stereocenters. The molecule has 0 aliphatic carbocycles. The smallest absolute Gasteiger partial charge is 0.0887 e. The highest BCUT2D eigenvalue weighted by molar-refractivity contribution is 7.18. The Labute approximate surface area is 102 Å². The quantitative estimate of drug-likeness (QED) is 0.406. The number of pyridine rings is 1. The van der Waals surface area contributed by atoms with Gasteiger partial charge in [0.05, 0.1) is 15.7 Å². The Bertz CT molecular complexity index is 845. The average molecular weight is 235 g/mol. The summed E-state index contributed by atoms with van der Waals surface area (Å²) in [6.07, 6.45) is 0. The van der Waals surface area contributed by atoms with Crippen molar-refractivity contribution >= 4 is 43.2 Å². The molecule has 4 aromatic rings. The summed E-state index contributed by atoms with van der Waals surface area (Å²) in [5.74, 6) is 0. The molecule has 0 saturated heterocycles. The molecule has 2 heterocycles. The summed E-state index contributed by atoms with van der Waals surface area (Å²) in [6, 6.07) is 17.0. The summed E-state index contributed by atoms with van der Waals surface area (Å²) < 4.78 is 1.29. The Morgan fingerprint density at radius 3 is 2.71 bits per heavy atom. The van der Waals surface area contributed by atoms with Gasteiger partial charge in [0.15, 0.2) is 0 Å². The Morgan fingerprint density at radius 1 is 0.824 bits per heavy atom. The van der Waals surface area contributed by atoms with Crippen LogP contribution in [0.4, 0.5) is 0 Å². The molecule has 0 saturated carbocycles. The van der Waals surface area contributed by atoms with Gasteiger partial charge in [0.25, 0.3) is 0 Å². The maximum Gasteiger partial charge on any atom is 0.0887 e. The van der Waals surface area contributed by atoms with E-state index in [9.17, 15) is 0 Å². The molecule has 0 unspecified atom stereocenters. The maximum absolute atomic E-state index is 4.79. The minimum Gasteiger partial charge on any atom is -0.246 e. The summed E-state index contributed by atoms with van der Waals surface area (Å²) in [5, 5.41) is 5.83. The summed E-state index contributed by atoms with van der Waals surface area (Å²) in [7, 11) is 0. The average Bonchev–Trinajstić information content (AvgIpc) is 2.85. The van der Waals surface area contributed by atoms with E-state index in [0.717, 1.165) is 11.0 Å². The zero-order valence-corrected chi connectivity index (χ0v) is 9.87. The molecule has 2 aromatic heterocycles. The van der Waals surface area contributed by atoms with Crippen molar-refractivity contribution in [2.75, 3.05) is 0 Å². The molecule has 0 radical (unpaired) electrons. The molecule has 0 N–H and O–H groups in total. The zero-order chi connectivity index (χ0) is 11.2. The van der Waals surface area contributed by atoms with Gasteiger partial charge in [-0.15, -0.1) is 11.3 Å². The number of benzene rings is 2. The van der Waals surface area contributed by atoms with Crippen molar-refractivity contribution < 1.29 is 0 Å². The lowest BCUT2D eigenvalue weighted by Crippen LogP contribution is -1.81. The molecule has 0 bridgehead atoms. The Morgan fingerprint density at radius 2 is 1.71 bits per heavy atom. The minimum absolute atomic E-state index is 1.07. The number of para-hydroxylation sites is 1. The molecule has 1 nitrogen and oxygen atoms in total. The fourth-order valence-corrected chi connectivity index (χ4v) is 3.16. The number of rotatable bonds is 0. The molecule has 0 amide bonds. The lowest BCUT2D eigenvalue weighted by atomic mass is 10.1. The van der Waals surface area contributed by atoms with E-state index in [0.29, 0.717) is 0 Å². The molecule has 0 aliphatic rings. The Hall–Kier alpha value is -1.93. The third kappa shape index (κ3) is 1.28. The van der Waals surface area contributed by atoms with Gasteiger partial charge in [-0.2, -0.15) is 0 Å². The van der Waals surface area contributed by atoms with Crippen LogP contribution in [0.2, 0.25) is 0 Å². The predicted molar refractivity (Wildman–Crippen MR) is 74.6 cm³/mol. The second kappa shape index (κ2) is 3.28. The van der Waals surface area contributed by atoms with Gasteiger partial charge in [-0.1, -0.05) is 30.3 Å². The molecule has 2 aromatic carbocycles. The lowest BCUT2D eigenvalue weighted by Gasteiger charge is -2.02. The van der Waals surface area contributed by atoms with E-state index in [1.54, 1.807) is 11.3 Å². The van der Waals surface area contributed by atoms with Crippen LogP contribution >= 0.6 is 11.3 Å². The Balaban J connectivity index is 2.29. The molecular weight excluding hydrogens is 226 g/mol. The van der Waals surface area contributed by atoms with Crippen LogP contribution < -0.4 is 0 Å². The monoisotopic (exact) mass is 235 g/mol. The number of nitrogens with zero attached hydrogens (tertiary/aromatic N) is 1.